The van der Waals surface area contributed by atoms with Crippen molar-refractivity contribution in [3.63, 3.8) is 0 Å². The highest BCUT2D eigenvalue weighted by atomic mass is 32.2. The molecular weight excluding hydrogens is 316 g/mol. The molecule has 0 radical (unpaired) electrons. The van der Waals surface area contributed by atoms with E-state index in [-0.39, 0.29) is 11.3 Å². The minimum absolute atomic E-state index is 0.102. The number of rotatable bonds is 6. The Balaban J connectivity index is 1.69. The summed E-state index contributed by atoms with van der Waals surface area (Å²) in [4.78, 5) is 18.9. The molecule has 24 heavy (non-hydrogen) atoms. The van der Waals surface area contributed by atoms with E-state index in [0.717, 1.165) is 29.8 Å². The maximum Gasteiger partial charge on any atom is 0.255 e. The van der Waals surface area contributed by atoms with Crippen molar-refractivity contribution in [2.45, 2.75) is 38.0 Å². The van der Waals surface area contributed by atoms with Gasteiger partial charge in [-0.1, -0.05) is 31.9 Å². The fraction of sp³-hybridized carbons (Fsp3) is 0.400. The largest absolute Gasteiger partial charge is 0.322 e. The van der Waals surface area contributed by atoms with Crippen LogP contribution in [0.2, 0.25) is 0 Å². The van der Waals surface area contributed by atoms with Crippen LogP contribution in [-0.4, -0.2) is 28.1 Å². The van der Waals surface area contributed by atoms with Crippen molar-refractivity contribution < 1.29 is 4.79 Å². The van der Waals surface area contributed by atoms with Crippen LogP contribution in [-0.2, 0) is 6.42 Å². The molecule has 1 aromatic heterocycles. The molecule has 126 valence electrons. The van der Waals surface area contributed by atoms with Gasteiger partial charge < -0.3 is 4.90 Å². The van der Waals surface area contributed by atoms with E-state index in [0.29, 0.717) is 0 Å². The van der Waals surface area contributed by atoms with Crippen molar-refractivity contribution in [1.82, 2.24) is 9.88 Å². The van der Waals surface area contributed by atoms with Crippen LogP contribution in [0.15, 0.2) is 48.8 Å². The first-order chi connectivity index (χ1) is 11.8. The zero-order chi connectivity index (χ0) is 16.8. The van der Waals surface area contributed by atoms with Gasteiger partial charge in [-0.2, -0.15) is 0 Å². The number of benzene rings is 1. The molecule has 1 aromatic carbocycles. The van der Waals surface area contributed by atoms with Crippen LogP contribution in [0.25, 0.3) is 0 Å². The first-order valence-electron chi connectivity index (χ1n) is 8.71. The molecule has 1 fully saturated rings. The van der Waals surface area contributed by atoms with Gasteiger partial charge in [0.1, 0.15) is 5.37 Å². The molecule has 1 atom stereocenters. The topological polar surface area (TPSA) is 33.2 Å². The lowest BCUT2D eigenvalue weighted by Crippen LogP contribution is -2.30. The van der Waals surface area contributed by atoms with Crippen LogP contribution in [0.5, 0.6) is 0 Å². The number of nitrogens with zero attached hydrogens (tertiary/aromatic N) is 2. The molecule has 0 unspecified atom stereocenters. The molecule has 1 amide bonds. The summed E-state index contributed by atoms with van der Waals surface area (Å²) >= 11 is 1.82. The zero-order valence-electron chi connectivity index (χ0n) is 14.1. The number of carbonyl (C=O) groups excluding carboxylic acids is 1. The smallest absolute Gasteiger partial charge is 0.255 e. The number of carbonyl (C=O) groups is 1. The van der Waals surface area contributed by atoms with E-state index >= 15 is 0 Å². The van der Waals surface area contributed by atoms with E-state index in [4.69, 9.17) is 0 Å². The summed E-state index contributed by atoms with van der Waals surface area (Å²) in [6.07, 6.45) is 8.40. The maximum absolute atomic E-state index is 12.9. The van der Waals surface area contributed by atoms with Crippen molar-refractivity contribution in [3.05, 3.63) is 65.5 Å². The predicted octanol–water partition coefficient (Wildman–Crippen LogP) is 4.70. The molecule has 1 saturated heterocycles. The molecule has 4 heteroatoms. The van der Waals surface area contributed by atoms with Gasteiger partial charge in [0.05, 0.1) is 0 Å². The number of thioether (sulfide) groups is 1. The summed E-state index contributed by atoms with van der Waals surface area (Å²) in [5.74, 6) is 1.11. The Morgan fingerprint density at radius 1 is 1.17 bits per heavy atom. The number of hydrogen-bond acceptors (Lipinski definition) is 3. The number of aryl methyl sites for hydroxylation is 1. The molecule has 1 aliphatic heterocycles. The summed E-state index contributed by atoms with van der Waals surface area (Å²) in [5.41, 5.74) is 3.26. The number of aromatic nitrogens is 1. The average Bonchev–Trinajstić information content (AvgIpc) is 3.12. The van der Waals surface area contributed by atoms with Crippen LogP contribution < -0.4 is 0 Å². The highest BCUT2D eigenvalue weighted by molar-refractivity contribution is 7.99. The summed E-state index contributed by atoms with van der Waals surface area (Å²) in [7, 11) is 0. The fourth-order valence-electron chi connectivity index (χ4n) is 3.04. The summed E-state index contributed by atoms with van der Waals surface area (Å²) in [5, 5.41) is 0.102. The summed E-state index contributed by atoms with van der Waals surface area (Å²) in [6, 6.07) is 12.2. The van der Waals surface area contributed by atoms with E-state index in [1.54, 1.807) is 12.4 Å². The number of unbranched alkanes of at least 4 members (excludes halogenated alkanes) is 2. The Labute approximate surface area is 148 Å². The molecule has 0 bridgehead atoms. The maximum atomic E-state index is 12.9. The van der Waals surface area contributed by atoms with Gasteiger partial charge in [-0.25, -0.2) is 0 Å². The second-order valence-corrected chi connectivity index (χ2v) is 7.34. The van der Waals surface area contributed by atoms with Gasteiger partial charge in [0.25, 0.3) is 5.91 Å². The number of pyridine rings is 1. The third-order valence-corrected chi connectivity index (χ3v) is 5.67. The molecule has 3 rings (SSSR count). The highest BCUT2D eigenvalue weighted by Gasteiger charge is 2.31. The Bertz CT molecular complexity index is 657. The van der Waals surface area contributed by atoms with Gasteiger partial charge in [-0.05, 0) is 48.2 Å². The van der Waals surface area contributed by atoms with E-state index in [9.17, 15) is 4.79 Å². The van der Waals surface area contributed by atoms with Crippen LogP contribution in [0.3, 0.4) is 0 Å². The summed E-state index contributed by atoms with van der Waals surface area (Å²) < 4.78 is 0. The van der Waals surface area contributed by atoms with Crippen molar-refractivity contribution >= 4 is 17.7 Å². The van der Waals surface area contributed by atoms with Gasteiger partial charge in [0, 0.05) is 30.3 Å². The number of hydrogen-bond donors (Lipinski definition) is 0. The van der Waals surface area contributed by atoms with Gasteiger partial charge in [0.15, 0.2) is 0 Å². The number of amides is 1. The summed E-state index contributed by atoms with van der Waals surface area (Å²) in [6.45, 7) is 3.02. The van der Waals surface area contributed by atoms with Crippen LogP contribution in [0.1, 0.15) is 53.0 Å². The zero-order valence-corrected chi connectivity index (χ0v) is 15.0. The lowest BCUT2D eigenvalue weighted by molar-refractivity contribution is 0.0760. The quantitative estimate of drug-likeness (QED) is 0.715. The van der Waals surface area contributed by atoms with Crippen LogP contribution in [0.4, 0.5) is 0 Å². The predicted molar refractivity (Wildman–Crippen MR) is 100 cm³/mol. The first kappa shape index (κ1) is 17.0. The normalized spacial score (nSPS) is 17.2. The third-order valence-electron chi connectivity index (χ3n) is 4.41. The minimum atomic E-state index is 0.102. The van der Waals surface area contributed by atoms with Gasteiger partial charge >= 0.3 is 0 Å². The Morgan fingerprint density at radius 3 is 2.62 bits per heavy atom. The molecular formula is C20H24N2OS. The van der Waals surface area contributed by atoms with Crippen molar-refractivity contribution in [2.75, 3.05) is 12.3 Å². The van der Waals surface area contributed by atoms with Gasteiger partial charge in [-0.15, -0.1) is 11.8 Å². The highest BCUT2D eigenvalue weighted by Crippen LogP contribution is 2.38. The molecule has 1 aliphatic rings. The Morgan fingerprint density at radius 2 is 1.92 bits per heavy atom. The average molecular weight is 340 g/mol. The van der Waals surface area contributed by atoms with E-state index in [1.807, 2.05) is 40.9 Å². The van der Waals surface area contributed by atoms with Crippen molar-refractivity contribution in [1.29, 1.82) is 0 Å². The molecule has 0 aliphatic carbocycles. The standard InChI is InChI=1S/C20H24N2OS/c1-2-3-4-5-16-6-8-17(9-7-16)19(23)22-14-15-24-20(22)18-10-12-21-13-11-18/h6-13,20H,2-5,14-15H2,1H3/t20-/m1/s1. The second-order valence-electron chi connectivity index (χ2n) is 6.16. The lowest BCUT2D eigenvalue weighted by Gasteiger charge is -2.24. The van der Waals surface area contributed by atoms with Gasteiger partial charge in [0.2, 0.25) is 0 Å². The molecule has 3 nitrogen and oxygen atoms in total. The van der Waals surface area contributed by atoms with E-state index < -0.39 is 0 Å². The molecule has 0 spiro atoms. The van der Waals surface area contributed by atoms with Crippen LogP contribution >= 0.6 is 11.8 Å². The monoisotopic (exact) mass is 340 g/mol. The van der Waals surface area contributed by atoms with Crippen molar-refractivity contribution in [3.8, 4) is 0 Å². The molecule has 0 N–H and O–H groups in total. The van der Waals surface area contributed by atoms with Crippen LogP contribution in [0, 0.1) is 0 Å². The van der Waals surface area contributed by atoms with E-state index in [1.165, 1.54) is 24.8 Å². The van der Waals surface area contributed by atoms with Crippen molar-refractivity contribution in [2.24, 2.45) is 0 Å². The molecule has 2 heterocycles. The van der Waals surface area contributed by atoms with Gasteiger partial charge in [-0.3, -0.25) is 9.78 Å². The second kappa shape index (κ2) is 8.34. The first-order valence-corrected chi connectivity index (χ1v) is 9.76. The SMILES string of the molecule is CCCCCc1ccc(C(=O)N2CCS[C@@H]2c2ccncc2)cc1. The third kappa shape index (κ3) is 3.99. The fourth-order valence-corrected chi connectivity index (χ4v) is 4.30. The Kier molecular flexibility index (Phi) is 5.91. The molecule has 2 aromatic rings. The van der Waals surface area contributed by atoms with E-state index in [2.05, 4.69) is 24.0 Å². The Hall–Kier alpha value is -1.81. The lowest BCUT2D eigenvalue weighted by atomic mass is 10.0. The minimum Gasteiger partial charge on any atom is -0.322 e. The molecule has 0 saturated carbocycles.